The molecule has 4 fully saturated rings. The molecule has 4 N–H and O–H groups in total. The highest BCUT2D eigenvalue weighted by molar-refractivity contribution is 7.85. The Morgan fingerprint density at radius 1 is 1.05 bits per heavy atom. The van der Waals surface area contributed by atoms with Gasteiger partial charge in [0.05, 0.1) is 28.9 Å². The molecule has 5 atom stereocenters. The van der Waals surface area contributed by atoms with Crippen LogP contribution in [0.1, 0.15) is 91.5 Å². The summed E-state index contributed by atoms with van der Waals surface area (Å²) < 4.78 is 44.8. The Kier molecular flexibility index (Phi) is 12.7. The van der Waals surface area contributed by atoms with Gasteiger partial charge in [0.2, 0.25) is 11.8 Å². The van der Waals surface area contributed by atoms with E-state index in [1.165, 1.54) is 22.3 Å². The summed E-state index contributed by atoms with van der Waals surface area (Å²) in [5, 5.41) is 12.5. The van der Waals surface area contributed by atoms with Crippen LogP contribution in [0.2, 0.25) is 5.02 Å². The number of fused-ring (bicyclic) bond motifs is 1. The number of amides is 4. The van der Waals surface area contributed by atoms with E-state index in [1.807, 2.05) is 43.0 Å². The van der Waals surface area contributed by atoms with Crippen molar-refractivity contribution in [2.75, 3.05) is 11.9 Å². The van der Waals surface area contributed by atoms with Crippen molar-refractivity contribution in [3.63, 3.8) is 0 Å². The van der Waals surface area contributed by atoms with E-state index in [2.05, 4.69) is 22.5 Å². The number of thiazole rings is 1. The van der Waals surface area contributed by atoms with Gasteiger partial charge in [-0.25, -0.2) is 19.5 Å². The van der Waals surface area contributed by atoms with Crippen molar-refractivity contribution < 1.29 is 41.3 Å². The van der Waals surface area contributed by atoms with Gasteiger partial charge in [0, 0.05) is 35.2 Å². The molecule has 16 nitrogen and oxygen atoms in total. The lowest BCUT2D eigenvalue weighted by molar-refractivity contribution is -0.143. The molecular weight excluding hydrogens is 846 g/mol. The zero-order chi connectivity index (χ0) is 44.0. The molecule has 0 bridgehead atoms. The molecule has 2 aromatic heterocycles. The number of ether oxygens (including phenoxy) is 2. The molecule has 2 unspecified atom stereocenters. The second-order valence-electron chi connectivity index (χ2n) is 17.9. The summed E-state index contributed by atoms with van der Waals surface area (Å²) in [6.07, 6.45) is 3.69. The Morgan fingerprint density at radius 2 is 1.77 bits per heavy atom. The topological polar surface area (TPSA) is 207 Å². The van der Waals surface area contributed by atoms with Gasteiger partial charge < -0.3 is 30.3 Å². The van der Waals surface area contributed by atoms with E-state index in [0.29, 0.717) is 51.0 Å². The summed E-state index contributed by atoms with van der Waals surface area (Å²) in [7, 11) is -4.46. The normalized spacial score (nSPS) is 23.4. The quantitative estimate of drug-likeness (QED) is 0.126. The monoisotopic (exact) mass is 899 g/mol. The Bertz CT molecular complexity index is 2320. The average molecular weight is 901 g/mol. The van der Waals surface area contributed by atoms with Crippen molar-refractivity contribution in [3.05, 3.63) is 46.8 Å². The van der Waals surface area contributed by atoms with Crippen molar-refractivity contribution in [1.82, 2.24) is 30.2 Å². The van der Waals surface area contributed by atoms with Crippen LogP contribution < -0.4 is 25.4 Å². The first-order valence-corrected chi connectivity index (χ1v) is 23.4. The summed E-state index contributed by atoms with van der Waals surface area (Å²) in [5.41, 5.74) is -0.129. The minimum atomic E-state index is -4.46. The summed E-state index contributed by atoms with van der Waals surface area (Å²) >= 11 is 8.28. The van der Waals surface area contributed by atoms with Gasteiger partial charge in [0.1, 0.15) is 41.3 Å². The molecule has 4 amide bonds. The number of nitrogens with one attached hydrogen (secondary N) is 4. The predicted molar refractivity (Wildman–Crippen MR) is 231 cm³/mol. The maximum absolute atomic E-state index is 14.8. The van der Waals surface area contributed by atoms with Crippen LogP contribution in [0.3, 0.4) is 0 Å². The van der Waals surface area contributed by atoms with Crippen molar-refractivity contribution in [2.45, 2.75) is 135 Å². The van der Waals surface area contributed by atoms with E-state index < -0.39 is 75.3 Å². The number of hydrogen-bond acceptors (Lipinski definition) is 13. The molecule has 1 aromatic carbocycles. The lowest BCUT2D eigenvalue weighted by Crippen LogP contribution is -2.60. The van der Waals surface area contributed by atoms with Crippen LogP contribution in [-0.2, 0) is 33.6 Å². The van der Waals surface area contributed by atoms with Crippen LogP contribution in [0.25, 0.3) is 22.3 Å². The minimum Gasteiger partial charge on any atom is -0.488 e. The number of halogens is 1. The summed E-state index contributed by atoms with van der Waals surface area (Å²) in [6, 6.07) is 3.26. The molecule has 4 aliphatic rings. The number of rotatable bonds is 15. The number of aromatic nitrogens is 2. The highest BCUT2D eigenvalue weighted by Crippen LogP contribution is 2.46. The first kappa shape index (κ1) is 44.5. The van der Waals surface area contributed by atoms with Gasteiger partial charge >= 0.3 is 16.4 Å². The number of likely N-dealkylation sites (tertiary alicyclic amines) is 1. The second-order valence-corrected chi connectivity index (χ2v) is 20.4. The number of benzene rings is 1. The number of carbonyl (C=O) groups excluding carboxylic acids is 4. The highest BCUT2D eigenvalue weighted by atomic mass is 35.5. The molecule has 3 heterocycles. The van der Waals surface area contributed by atoms with Crippen LogP contribution in [0.15, 0.2) is 36.2 Å². The van der Waals surface area contributed by atoms with Crippen molar-refractivity contribution >= 4 is 73.1 Å². The number of hydrogen-bond donors (Lipinski definition) is 4. The molecule has 330 valence electrons. The Labute approximate surface area is 365 Å². The third kappa shape index (κ3) is 10.1. The minimum absolute atomic E-state index is 0.0294. The predicted octanol–water partition coefficient (Wildman–Crippen LogP) is 6.17. The standard InChI is InChI=1S/C42H54ClN7O9S2/c1-8-24-19-42(24,38(53)49-61(55,56)59-26-14-15-26)48-36(51)31-17-27(20-50(31)37(52)35(41(5,6)7)47-40(54)58-25-11-9-10-12-25)57-32-18-29(30-21-60-39(46-30)44-22(2)3)45-34-28(32)16-13-23(4)33(34)43/h8,13,16,18,21-22,24-27,31,35H,1,9-12,14-15,17,19-20H2,2-7H3,(H,44,46)(H,47,54)(H,48,51)(H,49,53)/t24?,27?,31-,35+,42+/m0/s1. The zero-order valence-corrected chi connectivity index (χ0v) is 37.6. The molecule has 7 rings (SSSR count). The summed E-state index contributed by atoms with van der Waals surface area (Å²) in [4.78, 5) is 67.2. The largest absolute Gasteiger partial charge is 0.488 e. The molecule has 1 aliphatic heterocycles. The molecule has 1 saturated heterocycles. The van der Waals surface area contributed by atoms with Crippen LogP contribution in [-0.4, -0.2) is 95.6 Å². The lowest BCUT2D eigenvalue weighted by Gasteiger charge is -2.35. The van der Waals surface area contributed by atoms with Gasteiger partial charge in [-0.3, -0.25) is 18.6 Å². The third-order valence-electron chi connectivity index (χ3n) is 11.4. The first-order chi connectivity index (χ1) is 28.8. The van der Waals surface area contributed by atoms with Crippen molar-refractivity contribution in [2.24, 2.45) is 11.3 Å². The van der Waals surface area contributed by atoms with E-state index in [-0.39, 0.29) is 31.5 Å². The average Bonchev–Trinajstić information content (AvgIpc) is 3.88. The molecule has 19 heteroatoms. The number of carbonyl (C=O) groups is 4. The van der Waals surface area contributed by atoms with Crippen LogP contribution in [0, 0.1) is 18.3 Å². The van der Waals surface area contributed by atoms with E-state index in [4.69, 9.17) is 35.2 Å². The smallest absolute Gasteiger partial charge is 0.408 e. The third-order valence-corrected chi connectivity index (χ3v) is 13.6. The second kappa shape index (κ2) is 17.3. The summed E-state index contributed by atoms with van der Waals surface area (Å²) in [5.74, 6) is -2.47. The Morgan fingerprint density at radius 3 is 2.41 bits per heavy atom. The van der Waals surface area contributed by atoms with Gasteiger partial charge in [-0.15, -0.1) is 17.9 Å². The Balaban J connectivity index is 1.21. The van der Waals surface area contributed by atoms with E-state index in [0.717, 1.165) is 31.2 Å². The van der Waals surface area contributed by atoms with Crippen molar-refractivity contribution in [1.29, 1.82) is 0 Å². The number of nitrogens with zero attached hydrogens (tertiary/aromatic N) is 3. The van der Waals surface area contributed by atoms with Gasteiger partial charge in [0.15, 0.2) is 5.13 Å². The first-order valence-electron chi connectivity index (χ1n) is 20.7. The maximum Gasteiger partial charge on any atom is 0.408 e. The fourth-order valence-corrected chi connectivity index (χ4v) is 9.92. The molecule has 61 heavy (non-hydrogen) atoms. The molecule has 0 spiro atoms. The van der Waals surface area contributed by atoms with Gasteiger partial charge in [0.25, 0.3) is 5.91 Å². The molecule has 0 radical (unpaired) electrons. The lowest BCUT2D eigenvalue weighted by atomic mass is 9.85. The SMILES string of the molecule is C=CC1C[C@]1(NC(=O)[C@@H]1CC(Oc2cc(-c3csc(NC(C)C)n3)nc3c(Cl)c(C)ccc23)CN1C(=O)[C@@H](NC(=O)OC1CCCC1)C(C)(C)C)C(=O)NS(=O)(=O)OC1CC1. The van der Waals surface area contributed by atoms with Gasteiger partial charge in [-0.1, -0.05) is 44.5 Å². The van der Waals surface area contributed by atoms with Crippen molar-refractivity contribution in [3.8, 4) is 17.1 Å². The number of pyridine rings is 1. The van der Waals surface area contributed by atoms with Crippen LogP contribution in [0.5, 0.6) is 5.75 Å². The molecule has 3 aliphatic carbocycles. The maximum atomic E-state index is 14.8. The van der Waals surface area contributed by atoms with Crippen LogP contribution in [0.4, 0.5) is 9.93 Å². The molecular formula is C42H54ClN7O9S2. The number of aryl methyl sites for hydroxylation is 1. The van der Waals surface area contributed by atoms with Crippen LogP contribution >= 0.6 is 22.9 Å². The molecule has 3 saturated carbocycles. The number of anilines is 1. The van der Waals surface area contributed by atoms with E-state index >= 15 is 0 Å². The fraction of sp³-hybridized carbons (Fsp3) is 0.571. The Hall–Kier alpha value is -4.52. The highest BCUT2D eigenvalue weighted by Gasteiger charge is 2.62. The zero-order valence-electron chi connectivity index (χ0n) is 35.2. The fourth-order valence-electron chi connectivity index (χ4n) is 7.85. The summed E-state index contributed by atoms with van der Waals surface area (Å²) in [6.45, 7) is 15.0. The molecule has 3 aromatic rings. The van der Waals surface area contributed by atoms with Gasteiger partial charge in [-0.2, -0.15) is 8.42 Å². The number of alkyl carbamates (subject to hydrolysis) is 1. The van der Waals surface area contributed by atoms with Gasteiger partial charge in [-0.05, 0) is 82.8 Å². The van der Waals surface area contributed by atoms with E-state index in [1.54, 1.807) is 26.8 Å². The van der Waals surface area contributed by atoms with E-state index in [9.17, 15) is 27.6 Å².